The van der Waals surface area contributed by atoms with Crippen molar-refractivity contribution in [3.05, 3.63) is 71.9 Å². The lowest BCUT2D eigenvalue weighted by molar-refractivity contribution is -0.114. The summed E-state index contributed by atoms with van der Waals surface area (Å²) in [6.07, 6.45) is 10.9. The van der Waals surface area contributed by atoms with Gasteiger partial charge >= 0.3 is 0 Å². The molecule has 0 rings (SSSR count). The molecule has 0 aliphatic carbocycles. The van der Waals surface area contributed by atoms with Crippen LogP contribution < -0.4 is 5.73 Å². The molecule has 0 atom stereocenters. The first kappa shape index (κ1) is 15.9. The molecular weight excluding hydrogens is 222 g/mol. The number of rotatable bonds is 6. The SMILES string of the molecule is C=C/C=C\C(C)=C/C(=C)/C(C)=C/C(=C\C)C(N)=O. The van der Waals surface area contributed by atoms with E-state index in [2.05, 4.69) is 13.2 Å². The monoisotopic (exact) mass is 243 g/mol. The first-order valence-electron chi connectivity index (χ1n) is 5.73. The Morgan fingerprint density at radius 2 is 1.83 bits per heavy atom. The summed E-state index contributed by atoms with van der Waals surface area (Å²) in [5, 5.41) is 0. The number of nitrogens with two attached hydrogens (primary N) is 1. The van der Waals surface area contributed by atoms with E-state index >= 15 is 0 Å². The zero-order valence-electron chi connectivity index (χ0n) is 11.4. The summed E-state index contributed by atoms with van der Waals surface area (Å²) in [5.74, 6) is -0.433. The summed E-state index contributed by atoms with van der Waals surface area (Å²) in [4.78, 5) is 11.1. The van der Waals surface area contributed by atoms with Crippen LogP contribution in [-0.4, -0.2) is 5.91 Å². The summed E-state index contributed by atoms with van der Waals surface area (Å²) in [7, 11) is 0. The van der Waals surface area contributed by atoms with Crippen LogP contribution in [0.1, 0.15) is 20.8 Å². The van der Waals surface area contributed by atoms with Crippen molar-refractivity contribution in [2.75, 3.05) is 0 Å². The van der Waals surface area contributed by atoms with Crippen molar-refractivity contribution in [1.82, 2.24) is 0 Å². The summed E-state index contributed by atoms with van der Waals surface area (Å²) < 4.78 is 0. The third-order valence-electron chi connectivity index (χ3n) is 2.37. The van der Waals surface area contributed by atoms with Gasteiger partial charge in [-0.3, -0.25) is 4.79 Å². The number of carbonyl (C=O) groups excluding carboxylic acids is 1. The molecule has 96 valence electrons. The maximum atomic E-state index is 11.1. The summed E-state index contributed by atoms with van der Waals surface area (Å²) in [6.45, 7) is 13.2. The van der Waals surface area contributed by atoms with Gasteiger partial charge in [0.2, 0.25) is 5.91 Å². The predicted molar refractivity (Wildman–Crippen MR) is 78.9 cm³/mol. The number of allylic oxidation sites excluding steroid dienone is 8. The van der Waals surface area contributed by atoms with E-state index < -0.39 is 5.91 Å². The number of hydrogen-bond acceptors (Lipinski definition) is 1. The molecule has 0 radical (unpaired) electrons. The molecule has 0 aromatic heterocycles. The van der Waals surface area contributed by atoms with Crippen LogP contribution in [0.25, 0.3) is 0 Å². The average Bonchev–Trinajstić information content (AvgIpc) is 2.32. The van der Waals surface area contributed by atoms with E-state index in [1.54, 1.807) is 25.2 Å². The predicted octanol–water partition coefficient (Wildman–Crippen LogP) is 3.61. The van der Waals surface area contributed by atoms with Crippen LogP contribution in [0.4, 0.5) is 0 Å². The van der Waals surface area contributed by atoms with Crippen LogP contribution in [0.5, 0.6) is 0 Å². The minimum atomic E-state index is -0.433. The molecule has 0 bridgehead atoms. The molecule has 0 aromatic rings. The van der Waals surface area contributed by atoms with E-state index in [0.717, 1.165) is 16.7 Å². The molecule has 2 heteroatoms. The van der Waals surface area contributed by atoms with Gasteiger partial charge in [-0.25, -0.2) is 0 Å². The highest BCUT2D eigenvalue weighted by atomic mass is 16.1. The first-order chi connectivity index (χ1) is 8.42. The molecule has 1 amide bonds. The van der Waals surface area contributed by atoms with Gasteiger partial charge in [-0.1, -0.05) is 49.1 Å². The number of carbonyl (C=O) groups is 1. The van der Waals surface area contributed by atoms with Gasteiger partial charge in [0.05, 0.1) is 0 Å². The summed E-state index contributed by atoms with van der Waals surface area (Å²) in [5.41, 5.74) is 8.55. The second-order valence-electron chi connectivity index (χ2n) is 3.94. The first-order valence-corrected chi connectivity index (χ1v) is 5.73. The Kier molecular flexibility index (Phi) is 7.13. The van der Waals surface area contributed by atoms with Crippen molar-refractivity contribution in [2.45, 2.75) is 20.8 Å². The van der Waals surface area contributed by atoms with Crippen LogP contribution in [0.3, 0.4) is 0 Å². The van der Waals surface area contributed by atoms with E-state index in [-0.39, 0.29) is 0 Å². The second kappa shape index (κ2) is 8.07. The Balaban J connectivity index is 5.01. The highest BCUT2D eigenvalue weighted by Crippen LogP contribution is 2.14. The average molecular weight is 243 g/mol. The lowest BCUT2D eigenvalue weighted by Crippen LogP contribution is -2.12. The maximum absolute atomic E-state index is 11.1. The highest BCUT2D eigenvalue weighted by Gasteiger charge is 2.01. The molecule has 0 aromatic carbocycles. The van der Waals surface area contributed by atoms with Crippen LogP contribution in [0, 0.1) is 0 Å². The normalized spacial score (nSPS) is 13.8. The minimum Gasteiger partial charge on any atom is -0.366 e. The van der Waals surface area contributed by atoms with Crippen molar-refractivity contribution < 1.29 is 4.79 Å². The minimum absolute atomic E-state index is 0.433. The number of hydrogen-bond donors (Lipinski definition) is 1. The molecule has 0 saturated heterocycles. The fourth-order valence-electron chi connectivity index (χ4n) is 1.28. The van der Waals surface area contributed by atoms with Gasteiger partial charge in [0.15, 0.2) is 0 Å². The van der Waals surface area contributed by atoms with E-state index in [1.807, 2.05) is 32.1 Å². The zero-order valence-corrected chi connectivity index (χ0v) is 11.4. The zero-order chi connectivity index (χ0) is 14.1. The van der Waals surface area contributed by atoms with Gasteiger partial charge in [-0.2, -0.15) is 0 Å². The molecular formula is C16H21NO. The molecule has 2 N–H and O–H groups in total. The van der Waals surface area contributed by atoms with Crippen molar-refractivity contribution in [3.8, 4) is 0 Å². The van der Waals surface area contributed by atoms with Gasteiger partial charge in [0, 0.05) is 5.57 Å². The lowest BCUT2D eigenvalue weighted by Gasteiger charge is -2.03. The van der Waals surface area contributed by atoms with Crippen molar-refractivity contribution in [2.24, 2.45) is 5.73 Å². The Hall–Kier alpha value is -2.09. The van der Waals surface area contributed by atoms with Crippen molar-refractivity contribution >= 4 is 5.91 Å². The molecule has 0 fully saturated rings. The van der Waals surface area contributed by atoms with Gasteiger partial charge in [-0.15, -0.1) is 0 Å². The summed E-state index contributed by atoms with van der Waals surface area (Å²) >= 11 is 0. The summed E-state index contributed by atoms with van der Waals surface area (Å²) in [6, 6.07) is 0. The molecule has 0 unspecified atom stereocenters. The molecule has 0 saturated carbocycles. The van der Waals surface area contributed by atoms with E-state index in [0.29, 0.717) is 5.57 Å². The third-order valence-corrected chi connectivity index (χ3v) is 2.37. The highest BCUT2D eigenvalue weighted by molar-refractivity contribution is 5.95. The Morgan fingerprint density at radius 3 is 2.28 bits per heavy atom. The quantitative estimate of drug-likeness (QED) is 0.562. The van der Waals surface area contributed by atoms with Gasteiger partial charge in [-0.05, 0) is 38.0 Å². The standard InChI is InChI=1S/C16H21NO/c1-6-8-9-12(3)10-13(4)14(5)11-15(7-2)16(17)18/h6-11H,1,4H2,2-3,5H3,(H2,17,18)/b9-8-,12-10-,14-11+,15-7+. The molecule has 2 nitrogen and oxygen atoms in total. The number of amides is 1. The Labute approximate surface area is 110 Å². The smallest absolute Gasteiger partial charge is 0.248 e. The molecule has 0 spiro atoms. The maximum Gasteiger partial charge on any atom is 0.248 e. The van der Waals surface area contributed by atoms with E-state index in [1.165, 1.54) is 0 Å². The molecule has 18 heavy (non-hydrogen) atoms. The van der Waals surface area contributed by atoms with Gasteiger partial charge < -0.3 is 5.73 Å². The Morgan fingerprint density at radius 1 is 1.22 bits per heavy atom. The van der Waals surface area contributed by atoms with Crippen LogP contribution in [0.2, 0.25) is 0 Å². The lowest BCUT2D eigenvalue weighted by atomic mass is 10.0. The van der Waals surface area contributed by atoms with Crippen LogP contribution in [-0.2, 0) is 4.79 Å². The fourth-order valence-corrected chi connectivity index (χ4v) is 1.28. The molecule has 0 aliphatic heterocycles. The number of primary amides is 1. The van der Waals surface area contributed by atoms with E-state index in [9.17, 15) is 4.79 Å². The Bertz CT molecular complexity index is 459. The van der Waals surface area contributed by atoms with Crippen LogP contribution in [0.15, 0.2) is 71.9 Å². The second-order valence-corrected chi connectivity index (χ2v) is 3.94. The fraction of sp³-hybridized carbons (Fsp3) is 0.188. The van der Waals surface area contributed by atoms with Crippen LogP contribution >= 0.6 is 0 Å². The largest absolute Gasteiger partial charge is 0.366 e. The van der Waals surface area contributed by atoms with E-state index in [4.69, 9.17) is 5.73 Å². The van der Waals surface area contributed by atoms with Crippen molar-refractivity contribution in [1.29, 1.82) is 0 Å². The van der Waals surface area contributed by atoms with Gasteiger partial charge in [0.1, 0.15) is 0 Å². The molecule has 0 aliphatic rings. The third kappa shape index (κ3) is 5.85. The topological polar surface area (TPSA) is 43.1 Å². The van der Waals surface area contributed by atoms with Crippen molar-refractivity contribution in [3.63, 3.8) is 0 Å². The van der Waals surface area contributed by atoms with Gasteiger partial charge in [0.25, 0.3) is 0 Å². The molecule has 0 heterocycles.